The predicted molar refractivity (Wildman–Crippen MR) is 113 cm³/mol. The lowest BCUT2D eigenvalue weighted by Crippen LogP contribution is -2.33. The van der Waals surface area contributed by atoms with Crippen molar-refractivity contribution in [3.05, 3.63) is 12.7 Å². The van der Waals surface area contributed by atoms with Crippen LogP contribution in [0.15, 0.2) is 22.9 Å². The third kappa shape index (κ3) is 4.15. The van der Waals surface area contributed by atoms with Gasteiger partial charge in [0.25, 0.3) is 0 Å². The lowest BCUT2D eigenvalue weighted by atomic mass is 10.0. The number of hydrogen-bond donors (Lipinski definition) is 1. The highest BCUT2D eigenvalue weighted by Gasteiger charge is 2.56. The molecule has 2 aromatic rings. The Morgan fingerprint density at radius 2 is 2.03 bits per heavy atom. The van der Waals surface area contributed by atoms with E-state index in [1.807, 2.05) is 13.8 Å². The van der Waals surface area contributed by atoms with Crippen molar-refractivity contribution in [1.82, 2.24) is 19.5 Å². The number of terminal acetylenes is 1. The molecule has 12 nitrogen and oxygen atoms in total. The second-order valence-electron chi connectivity index (χ2n) is 8.78. The Morgan fingerprint density at radius 1 is 1.24 bits per heavy atom. The minimum Gasteiger partial charge on any atom is -0.463 e. The van der Waals surface area contributed by atoms with Gasteiger partial charge in [0.1, 0.15) is 36.8 Å². The van der Waals surface area contributed by atoms with Crippen molar-refractivity contribution in [2.75, 3.05) is 12.3 Å². The molecule has 5 rings (SSSR count). The van der Waals surface area contributed by atoms with E-state index in [4.69, 9.17) is 31.1 Å². The SMILES string of the molecule is C#CCCC1(CCC(=O)OC[C@H]2O[C@@H](n3cnc4c(N)ncnc43)[C@@H]3OC(C)(C)O[C@@H]32)N=N1. The highest BCUT2D eigenvalue weighted by atomic mass is 16.8. The summed E-state index contributed by atoms with van der Waals surface area (Å²) >= 11 is 0. The van der Waals surface area contributed by atoms with E-state index in [0.717, 1.165) is 0 Å². The van der Waals surface area contributed by atoms with Crippen LogP contribution in [-0.2, 0) is 23.7 Å². The van der Waals surface area contributed by atoms with Crippen LogP contribution < -0.4 is 5.73 Å². The molecule has 0 saturated carbocycles. The maximum absolute atomic E-state index is 12.4. The number of imidazole rings is 1. The second kappa shape index (κ2) is 8.02. The lowest BCUT2D eigenvalue weighted by molar-refractivity contribution is -0.202. The molecule has 0 radical (unpaired) electrons. The smallest absolute Gasteiger partial charge is 0.306 e. The van der Waals surface area contributed by atoms with E-state index < -0.39 is 36.0 Å². The summed E-state index contributed by atoms with van der Waals surface area (Å²) in [5.74, 6) is 1.67. The molecule has 2 aromatic heterocycles. The molecule has 2 saturated heterocycles. The first kappa shape index (κ1) is 21.7. The van der Waals surface area contributed by atoms with E-state index in [1.165, 1.54) is 6.33 Å². The number of aromatic nitrogens is 4. The minimum absolute atomic E-state index is 0.0192. The molecule has 2 fully saturated rings. The van der Waals surface area contributed by atoms with Gasteiger partial charge in [0.05, 0.1) is 6.33 Å². The van der Waals surface area contributed by atoms with Gasteiger partial charge in [0.2, 0.25) is 0 Å². The molecule has 174 valence electrons. The molecule has 12 heteroatoms. The standard InChI is InChI=1S/C21H25N7O5/c1-4-5-7-21(26-27-21)8-6-13(29)30-9-12-15-16(33-20(2,3)32-15)19(31-12)28-11-25-14-17(22)23-10-24-18(14)28/h1,10-12,15-16,19H,5-9H2,2-3H3,(H2,22,23,24)/t12-,15-,16-,19-/m1/s1. The third-order valence-electron chi connectivity index (χ3n) is 5.98. The summed E-state index contributed by atoms with van der Waals surface area (Å²) in [5.41, 5.74) is 6.38. The van der Waals surface area contributed by atoms with Crippen molar-refractivity contribution in [2.24, 2.45) is 10.2 Å². The van der Waals surface area contributed by atoms with Crippen LogP contribution in [0.4, 0.5) is 5.82 Å². The fourth-order valence-corrected chi connectivity index (χ4v) is 4.29. The molecule has 2 N–H and O–H groups in total. The Morgan fingerprint density at radius 3 is 2.79 bits per heavy atom. The fourth-order valence-electron chi connectivity index (χ4n) is 4.29. The van der Waals surface area contributed by atoms with Crippen LogP contribution in [0.1, 0.15) is 45.8 Å². The monoisotopic (exact) mass is 455 g/mol. The second-order valence-corrected chi connectivity index (χ2v) is 8.78. The van der Waals surface area contributed by atoms with Crippen molar-refractivity contribution >= 4 is 23.0 Å². The van der Waals surface area contributed by atoms with Crippen LogP contribution in [0.2, 0.25) is 0 Å². The van der Waals surface area contributed by atoms with E-state index >= 15 is 0 Å². The number of hydrogen-bond acceptors (Lipinski definition) is 11. The van der Waals surface area contributed by atoms with E-state index in [1.54, 1.807) is 10.9 Å². The average Bonchev–Trinajstić information content (AvgIpc) is 3.12. The van der Waals surface area contributed by atoms with Crippen LogP contribution in [0.25, 0.3) is 11.2 Å². The van der Waals surface area contributed by atoms with Gasteiger partial charge in [-0.1, -0.05) is 0 Å². The zero-order valence-corrected chi connectivity index (χ0v) is 18.4. The number of carbonyl (C=O) groups excluding carboxylic acids is 1. The van der Waals surface area contributed by atoms with Gasteiger partial charge >= 0.3 is 5.97 Å². The molecule has 0 spiro atoms. The number of nitrogen functional groups attached to an aromatic ring is 1. The van der Waals surface area contributed by atoms with Crippen LogP contribution in [0.5, 0.6) is 0 Å². The van der Waals surface area contributed by atoms with E-state index in [9.17, 15) is 4.79 Å². The molecule has 0 bridgehead atoms. The maximum Gasteiger partial charge on any atom is 0.306 e. The Kier molecular flexibility index (Phi) is 5.27. The molecule has 0 aromatic carbocycles. The summed E-state index contributed by atoms with van der Waals surface area (Å²) in [6.07, 6.45) is 8.11. The Hall–Kier alpha value is -3.14. The van der Waals surface area contributed by atoms with Gasteiger partial charge < -0.3 is 24.7 Å². The quantitative estimate of drug-likeness (QED) is 0.464. The van der Waals surface area contributed by atoms with Crippen molar-refractivity contribution < 1.29 is 23.7 Å². The number of rotatable bonds is 8. The average molecular weight is 455 g/mol. The van der Waals surface area contributed by atoms with E-state index in [-0.39, 0.29) is 24.8 Å². The highest BCUT2D eigenvalue weighted by molar-refractivity contribution is 5.81. The van der Waals surface area contributed by atoms with Crippen molar-refractivity contribution in [3.8, 4) is 12.3 Å². The van der Waals surface area contributed by atoms with E-state index in [2.05, 4.69) is 31.1 Å². The van der Waals surface area contributed by atoms with Gasteiger partial charge in [-0.25, -0.2) is 15.0 Å². The lowest BCUT2D eigenvalue weighted by Gasteiger charge is -2.24. The molecular weight excluding hydrogens is 430 g/mol. The van der Waals surface area contributed by atoms with Crippen LogP contribution in [-0.4, -0.2) is 61.9 Å². The molecule has 3 aliphatic heterocycles. The first-order valence-electron chi connectivity index (χ1n) is 10.8. The molecular formula is C21H25N7O5. The number of fused-ring (bicyclic) bond motifs is 2. The molecule has 4 atom stereocenters. The fraction of sp³-hybridized carbons (Fsp3) is 0.619. The molecule has 0 unspecified atom stereocenters. The highest BCUT2D eigenvalue weighted by Crippen LogP contribution is 2.44. The summed E-state index contributed by atoms with van der Waals surface area (Å²) in [4.78, 5) is 24.9. The summed E-state index contributed by atoms with van der Waals surface area (Å²) in [5, 5.41) is 8.08. The normalized spacial score (nSPS) is 28.5. The van der Waals surface area contributed by atoms with Gasteiger partial charge in [-0.2, -0.15) is 10.2 Å². The Bertz CT molecular complexity index is 1130. The summed E-state index contributed by atoms with van der Waals surface area (Å²) in [7, 11) is 0. The molecule has 33 heavy (non-hydrogen) atoms. The number of esters is 1. The number of ether oxygens (including phenoxy) is 4. The van der Waals surface area contributed by atoms with Gasteiger partial charge in [-0.05, 0) is 13.8 Å². The largest absolute Gasteiger partial charge is 0.463 e. The van der Waals surface area contributed by atoms with Crippen LogP contribution >= 0.6 is 0 Å². The zero-order valence-electron chi connectivity index (χ0n) is 18.4. The van der Waals surface area contributed by atoms with Crippen molar-refractivity contribution in [3.63, 3.8) is 0 Å². The van der Waals surface area contributed by atoms with Crippen LogP contribution in [0, 0.1) is 12.3 Å². The third-order valence-corrected chi connectivity index (χ3v) is 5.98. The number of nitrogens with two attached hydrogens (primary N) is 1. The molecule has 0 aliphatic carbocycles. The van der Waals surface area contributed by atoms with Gasteiger partial charge in [-0.15, -0.1) is 12.3 Å². The molecule has 3 aliphatic rings. The first-order valence-corrected chi connectivity index (χ1v) is 10.8. The Labute approximate surface area is 189 Å². The zero-order chi connectivity index (χ0) is 23.2. The van der Waals surface area contributed by atoms with Crippen molar-refractivity contribution in [1.29, 1.82) is 0 Å². The van der Waals surface area contributed by atoms with Gasteiger partial charge in [-0.3, -0.25) is 9.36 Å². The minimum atomic E-state index is -0.817. The van der Waals surface area contributed by atoms with Crippen molar-refractivity contribution in [2.45, 2.75) is 75.5 Å². The maximum atomic E-state index is 12.4. The molecule has 5 heterocycles. The van der Waals surface area contributed by atoms with Gasteiger partial charge in [0, 0.05) is 25.7 Å². The molecule has 0 amide bonds. The number of carbonyl (C=O) groups is 1. The van der Waals surface area contributed by atoms with E-state index in [0.29, 0.717) is 30.4 Å². The first-order chi connectivity index (χ1) is 15.8. The summed E-state index contributed by atoms with van der Waals surface area (Å²) in [6.45, 7) is 3.68. The van der Waals surface area contributed by atoms with Crippen LogP contribution in [0.3, 0.4) is 0 Å². The predicted octanol–water partition coefficient (Wildman–Crippen LogP) is 1.72. The summed E-state index contributed by atoms with van der Waals surface area (Å²) < 4.78 is 25.6. The topological polar surface area (TPSA) is 148 Å². The summed E-state index contributed by atoms with van der Waals surface area (Å²) in [6, 6.07) is 0. The van der Waals surface area contributed by atoms with Gasteiger partial charge in [0.15, 0.2) is 29.1 Å². The number of anilines is 1. The Balaban J connectivity index is 1.25. The number of nitrogens with zero attached hydrogens (tertiary/aromatic N) is 6.